The van der Waals surface area contributed by atoms with Crippen molar-refractivity contribution in [2.24, 2.45) is 0 Å². The van der Waals surface area contributed by atoms with Crippen LogP contribution >= 0.6 is 0 Å². The summed E-state index contributed by atoms with van der Waals surface area (Å²) in [4.78, 5) is 0. The predicted octanol–water partition coefficient (Wildman–Crippen LogP) is 5.75. The van der Waals surface area contributed by atoms with E-state index in [2.05, 4.69) is 75.4 Å². The van der Waals surface area contributed by atoms with Crippen molar-refractivity contribution in [3.63, 3.8) is 0 Å². The second-order valence-corrected chi connectivity index (χ2v) is 9.48. The van der Waals surface area contributed by atoms with E-state index in [0.717, 1.165) is 6.42 Å². The smallest absolute Gasteiger partial charge is 0.0696 e. The van der Waals surface area contributed by atoms with Crippen LogP contribution < -0.4 is 5.19 Å². The molecule has 2 aromatic rings. The third-order valence-corrected chi connectivity index (χ3v) is 7.79. The minimum absolute atomic E-state index is 0.384. The van der Waals surface area contributed by atoms with Gasteiger partial charge in [-0.25, -0.2) is 0 Å². The van der Waals surface area contributed by atoms with Gasteiger partial charge < -0.3 is 0 Å². The number of aryl methyl sites for hydroxylation is 1. The van der Waals surface area contributed by atoms with Crippen LogP contribution in [0.5, 0.6) is 0 Å². The summed E-state index contributed by atoms with van der Waals surface area (Å²) in [5.41, 5.74) is 7.82. The molecule has 0 saturated heterocycles. The monoisotopic (exact) mass is 360 g/mol. The van der Waals surface area contributed by atoms with Gasteiger partial charge in [-0.2, -0.15) is 0 Å². The molecular formula is C25H32Si. The maximum atomic E-state index is 2.37. The Hall–Kier alpha value is -1.86. The van der Waals surface area contributed by atoms with Crippen molar-refractivity contribution in [3.8, 4) is 0 Å². The lowest BCUT2D eigenvalue weighted by molar-refractivity contribution is 0.795. The Labute approximate surface area is 161 Å². The van der Waals surface area contributed by atoms with E-state index in [-0.39, 0.29) is 9.52 Å². The number of hydrogen-bond acceptors (Lipinski definition) is 0. The van der Waals surface area contributed by atoms with Gasteiger partial charge in [-0.3, -0.25) is 0 Å². The standard InChI is InChI=1S/C25H32Si/c1-4-6-11-20-14-16-21(17-15-20)24-18-19(3)25(23(24)10-5-2)26-22-12-8-7-9-13-22/h7-9,12-17H,4-6,10-11,18,26H2,1-3H3. The Bertz CT molecular complexity index is 779. The molecular weight excluding hydrogens is 328 g/mol. The topological polar surface area (TPSA) is 0 Å². The summed E-state index contributed by atoms with van der Waals surface area (Å²) in [6, 6.07) is 20.6. The quantitative estimate of drug-likeness (QED) is 0.525. The number of rotatable bonds is 8. The highest BCUT2D eigenvalue weighted by molar-refractivity contribution is 6.62. The fraction of sp³-hybridized carbons (Fsp3) is 0.360. The molecule has 0 unspecified atom stereocenters. The van der Waals surface area contributed by atoms with Gasteiger partial charge in [0, 0.05) is 0 Å². The lowest BCUT2D eigenvalue weighted by Gasteiger charge is -2.12. The molecule has 0 atom stereocenters. The zero-order valence-corrected chi connectivity index (χ0v) is 18.1. The van der Waals surface area contributed by atoms with Gasteiger partial charge in [0.15, 0.2) is 0 Å². The maximum Gasteiger partial charge on any atom is 0.0878 e. The minimum atomic E-state index is -0.384. The molecule has 3 rings (SSSR count). The molecule has 26 heavy (non-hydrogen) atoms. The highest BCUT2D eigenvalue weighted by Crippen LogP contribution is 2.40. The van der Waals surface area contributed by atoms with Crippen LogP contribution in [0.2, 0.25) is 0 Å². The average Bonchev–Trinajstić information content (AvgIpc) is 2.97. The van der Waals surface area contributed by atoms with E-state index in [1.165, 1.54) is 43.2 Å². The first kappa shape index (κ1) is 18.9. The summed E-state index contributed by atoms with van der Waals surface area (Å²) in [6.07, 6.45) is 7.37. The summed E-state index contributed by atoms with van der Waals surface area (Å²) in [5.74, 6) is 0. The third kappa shape index (κ3) is 4.45. The molecule has 0 nitrogen and oxygen atoms in total. The van der Waals surface area contributed by atoms with Gasteiger partial charge in [-0.1, -0.05) is 97.2 Å². The van der Waals surface area contributed by atoms with E-state index in [1.807, 2.05) is 0 Å². The largest absolute Gasteiger partial charge is 0.0878 e. The Kier molecular flexibility index (Phi) is 6.68. The molecule has 1 heteroatoms. The second kappa shape index (κ2) is 9.18. The molecule has 0 heterocycles. The van der Waals surface area contributed by atoms with Crippen molar-refractivity contribution in [2.75, 3.05) is 0 Å². The van der Waals surface area contributed by atoms with Gasteiger partial charge in [0.2, 0.25) is 0 Å². The zero-order valence-electron chi connectivity index (χ0n) is 16.6. The SMILES string of the molecule is CCCCc1ccc(C2=C(CCC)C([SiH2]c3ccccc3)=C(C)C2)cc1. The first-order chi connectivity index (χ1) is 12.7. The van der Waals surface area contributed by atoms with Crippen molar-refractivity contribution >= 4 is 20.3 Å². The molecule has 0 amide bonds. The van der Waals surface area contributed by atoms with Crippen molar-refractivity contribution in [2.45, 2.75) is 59.3 Å². The van der Waals surface area contributed by atoms with Gasteiger partial charge in [0.25, 0.3) is 0 Å². The molecule has 0 radical (unpaired) electrons. The van der Waals surface area contributed by atoms with Gasteiger partial charge in [-0.15, -0.1) is 0 Å². The first-order valence-electron chi connectivity index (χ1n) is 10.3. The Morgan fingerprint density at radius 3 is 2.23 bits per heavy atom. The van der Waals surface area contributed by atoms with Crippen LogP contribution in [0.3, 0.4) is 0 Å². The van der Waals surface area contributed by atoms with Gasteiger partial charge in [0.1, 0.15) is 0 Å². The van der Waals surface area contributed by atoms with E-state index in [4.69, 9.17) is 0 Å². The third-order valence-electron chi connectivity index (χ3n) is 5.53. The molecule has 136 valence electrons. The van der Waals surface area contributed by atoms with E-state index in [1.54, 1.807) is 27.1 Å². The lowest BCUT2D eigenvalue weighted by atomic mass is 9.96. The molecule has 2 aromatic carbocycles. The van der Waals surface area contributed by atoms with Crippen LogP contribution in [0.4, 0.5) is 0 Å². The highest BCUT2D eigenvalue weighted by Gasteiger charge is 2.22. The Balaban J connectivity index is 1.87. The number of benzene rings is 2. The summed E-state index contributed by atoms with van der Waals surface area (Å²) in [7, 11) is -0.384. The summed E-state index contributed by atoms with van der Waals surface area (Å²) in [5, 5.41) is 3.29. The van der Waals surface area contributed by atoms with Gasteiger partial charge >= 0.3 is 0 Å². The van der Waals surface area contributed by atoms with E-state index in [9.17, 15) is 0 Å². The maximum absolute atomic E-state index is 2.37. The van der Waals surface area contributed by atoms with Crippen molar-refractivity contribution < 1.29 is 0 Å². The molecule has 0 saturated carbocycles. The highest BCUT2D eigenvalue weighted by atomic mass is 28.2. The molecule has 0 N–H and O–H groups in total. The summed E-state index contributed by atoms with van der Waals surface area (Å²) in [6.45, 7) is 6.94. The summed E-state index contributed by atoms with van der Waals surface area (Å²) < 4.78 is 0. The lowest BCUT2D eigenvalue weighted by Crippen LogP contribution is -2.17. The molecule has 0 bridgehead atoms. The molecule has 0 aromatic heterocycles. The predicted molar refractivity (Wildman–Crippen MR) is 119 cm³/mol. The molecule has 1 aliphatic carbocycles. The van der Waals surface area contributed by atoms with Gasteiger partial charge in [-0.05, 0) is 54.9 Å². The van der Waals surface area contributed by atoms with Crippen LogP contribution in [0, 0.1) is 0 Å². The fourth-order valence-corrected chi connectivity index (χ4v) is 6.00. The molecule has 0 aliphatic heterocycles. The average molecular weight is 361 g/mol. The zero-order chi connectivity index (χ0) is 18.4. The van der Waals surface area contributed by atoms with Crippen LogP contribution in [-0.2, 0) is 6.42 Å². The van der Waals surface area contributed by atoms with E-state index >= 15 is 0 Å². The molecule has 0 fully saturated rings. The first-order valence-corrected chi connectivity index (χ1v) is 11.7. The van der Waals surface area contributed by atoms with Crippen LogP contribution in [0.1, 0.15) is 64.0 Å². The molecule has 1 aliphatic rings. The second-order valence-electron chi connectivity index (χ2n) is 7.61. The van der Waals surface area contributed by atoms with E-state index in [0.29, 0.717) is 0 Å². The van der Waals surface area contributed by atoms with Crippen LogP contribution in [0.25, 0.3) is 5.57 Å². The molecule has 0 spiro atoms. The normalized spacial score (nSPS) is 14.9. The van der Waals surface area contributed by atoms with Crippen molar-refractivity contribution in [3.05, 3.63) is 82.1 Å². The van der Waals surface area contributed by atoms with E-state index < -0.39 is 0 Å². The van der Waals surface area contributed by atoms with Crippen molar-refractivity contribution in [1.29, 1.82) is 0 Å². The van der Waals surface area contributed by atoms with Gasteiger partial charge in [0.05, 0.1) is 9.52 Å². The number of allylic oxidation sites excluding steroid dienone is 4. The fourth-order valence-electron chi connectivity index (χ4n) is 4.06. The number of hydrogen-bond donors (Lipinski definition) is 0. The van der Waals surface area contributed by atoms with Crippen LogP contribution in [0.15, 0.2) is 70.9 Å². The Morgan fingerprint density at radius 2 is 1.58 bits per heavy atom. The van der Waals surface area contributed by atoms with Crippen molar-refractivity contribution in [1.82, 2.24) is 0 Å². The number of unbranched alkanes of at least 4 members (excludes halogenated alkanes) is 1. The van der Waals surface area contributed by atoms with Crippen LogP contribution in [-0.4, -0.2) is 9.52 Å². The summed E-state index contributed by atoms with van der Waals surface area (Å²) >= 11 is 0. The Morgan fingerprint density at radius 1 is 0.846 bits per heavy atom. The minimum Gasteiger partial charge on any atom is -0.0696 e.